The van der Waals surface area contributed by atoms with Crippen LogP contribution < -0.4 is 10.3 Å². The van der Waals surface area contributed by atoms with Crippen molar-refractivity contribution < 1.29 is 0 Å². The molecule has 2 rings (SSSR count). The number of rotatable bonds is 0. The Morgan fingerprint density at radius 3 is 3.18 bits per heavy atom. The SMILES string of the molecule is c1ccc2c(c1)CCNNS2. The number of hydrogen-bond acceptors (Lipinski definition) is 3. The van der Waals surface area contributed by atoms with Crippen LogP contribution in [-0.4, -0.2) is 6.54 Å². The predicted octanol–water partition coefficient (Wildman–Crippen LogP) is 1.34. The summed E-state index contributed by atoms with van der Waals surface area (Å²) in [4.78, 5) is 4.40. The van der Waals surface area contributed by atoms with Crippen LogP contribution in [0.5, 0.6) is 0 Å². The molecule has 1 aliphatic rings. The molecule has 0 bridgehead atoms. The molecule has 0 spiro atoms. The lowest BCUT2D eigenvalue weighted by atomic mass is 10.1. The van der Waals surface area contributed by atoms with Gasteiger partial charge < -0.3 is 0 Å². The molecule has 2 N–H and O–H groups in total. The molecule has 58 valence electrons. The first-order valence-electron chi connectivity index (χ1n) is 3.69. The van der Waals surface area contributed by atoms with Gasteiger partial charge in [0.2, 0.25) is 0 Å². The van der Waals surface area contributed by atoms with Crippen molar-refractivity contribution >= 4 is 11.9 Å². The van der Waals surface area contributed by atoms with Crippen LogP contribution in [0.4, 0.5) is 0 Å². The highest BCUT2D eigenvalue weighted by atomic mass is 32.2. The van der Waals surface area contributed by atoms with Crippen molar-refractivity contribution in [2.24, 2.45) is 0 Å². The monoisotopic (exact) mass is 166 g/mol. The van der Waals surface area contributed by atoms with Gasteiger partial charge in [0.05, 0.1) is 0 Å². The van der Waals surface area contributed by atoms with E-state index in [9.17, 15) is 0 Å². The Hall–Kier alpha value is -0.510. The van der Waals surface area contributed by atoms with Gasteiger partial charge in [-0.05, 0) is 30.0 Å². The highest BCUT2D eigenvalue weighted by molar-refractivity contribution is 7.97. The van der Waals surface area contributed by atoms with E-state index in [1.807, 2.05) is 0 Å². The molecule has 0 aliphatic carbocycles. The molecule has 3 heteroatoms. The third-order valence-corrected chi connectivity index (χ3v) is 2.59. The summed E-state index contributed by atoms with van der Waals surface area (Å²) in [5.41, 5.74) is 4.53. The maximum Gasteiger partial charge on any atom is 0.0272 e. The van der Waals surface area contributed by atoms with E-state index in [2.05, 4.69) is 34.5 Å². The van der Waals surface area contributed by atoms with Crippen molar-refractivity contribution in [1.29, 1.82) is 0 Å². The molecule has 0 amide bonds. The van der Waals surface area contributed by atoms with Gasteiger partial charge in [-0.3, -0.25) is 0 Å². The maximum atomic E-state index is 3.11. The third-order valence-electron chi connectivity index (χ3n) is 1.73. The standard InChI is InChI=1S/C8H10N2S/c1-2-4-8-7(3-1)5-6-9-10-11-8/h1-4,9-10H,5-6H2. The predicted molar refractivity (Wildman–Crippen MR) is 47.1 cm³/mol. The van der Waals surface area contributed by atoms with E-state index < -0.39 is 0 Å². The van der Waals surface area contributed by atoms with Gasteiger partial charge in [0, 0.05) is 11.4 Å². The van der Waals surface area contributed by atoms with Crippen LogP contribution >= 0.6 is 11.9 Å². The molecule has 11 heavy (non-hydrogen) atoms. The number of fused-ring (bicyclic) bond motifs is 1. The van der Waals surface area contributed by atoms with Crippen molar-refractivity contribution in [3.63, 3.8) is 0 Å². The highest BCUT2D eigenvalue weighted by Crippen LogP contribution is 2.20. The second-order valence-corrected chi connectivity index (χ2v) is 3.34. The summed E-state index contributed by atoms with van der Waals surface area (Å²) in [5.74, 6) is 0. The van der Waals surface area contributed by atoms with Crippen LogP contribution in [0.3, 0.4) is 0 Å². The van der Waals surface area contributed by atoms with Gasteiger partial charge in [-0.1, -0.05) is 18.2 Å². The van der Waals surface area contributed by atoms with E-state index in [1.165, 1.54) is 10.5 Å². The molecule has 0 saturated carbocycles. The number of nitrogens with one attached hydrogen (secondary N) is 2. The zero-order valence-electron chi connectivity index (χ0n) is 6.13. The van der Waals surface area contributed by atoms with Gasteiger partial charge >= 0.3 is 0 Å². The fraction of sp³-hybridized carbons (Fsp3) is 0.250. The summed E-state index contributed by atoms with van der Waals surface area (Å²) in [6, 6.07) is 8.47. The maximum absolute atomic E-state index is 3.11. The van der Waals surface area contributed by atoms with E-state index >= 15 is 0 Å². The topological polar surface area (TPSA) is 24.1 Å². The van der Waals surface area contributed by atoms with Crippen molar-refractivity contribution in [1.82, 2.24) is 10.3 Å². The first-order chi connectivity index (χ1) is 5.47. The van der Waals surface area contributed by atoms with E-state index in [4.69, 9.17) is 0 Å². The van der Waals surface area contributed by atoms with Crippen LogP contribution in [0, 0.1) is 0 Å². The zero-order valence-corrected chi connectivity index (χ0v) is 6.95. The normalized spacial score (nSPS) is 17.1. The zero-order chi connectivity index (χ0) is 7.52. The smallest absolute Gasteiger partial charge is 0.0272 e. The van der Waals surface area contributed by atoms with E-state index in [1.54, 1.807) is 11.9 Å². The Morgan fingerprint density at radius 1 is 1.27 bits per heavy atom. The summed E-state index contributed by atoms with van der Waals surface area (Å²) < 4.78 is 0. The Bertz CT molecular complexity index is 225. The summed E-state index contributed by atoms with van der Waals surface area (Å²) >= 11 is 1.65. The molecular weight excluding hydrogens is 156 g/mol. The Labute approximate surface area is 70.5 Å². The molecule has 1 heterocycles. The lowest BCUT2D eigenvalue weighted by Gasteiger charge is -2.00. The van der Waals surface area contributed by atoms with E-state index in [0.29, 0.717) is 0 Å². The molecule has 0 aromatic heterocycles. The van der Waals surface area contributed by atoms with Crippen molar-refractivity contribution in [3.8, 4) is 0 Å². The van der Waals surface area contributed by atoms with Crippen molar-refractivity contribution in [2.45, 2.75) is 11.3 Å². The van der Waals surface area contributed by atoms with Gasteiger partial charge in [0.25, 0.3) is 0 Å². The van der Waals surface area contributed by atoms with E-state index in [-0.39, 0.29) is 0 Å². The Balaban J connectivity index is 2.33. The van der Waals surface area contributed by atoms with Crippen LogP contribution in [0.1, 0.15) is 5.56 Å². The first-order valence-corrected chi connectivity index (χ1v) is 4.51. The van der Waals surface area contributed by atoms with Gasteiger partial charge in [0.1, 0.15) is 0 Å². The molecule has 0 unspecified atom stereocenters. The number of hydrogen-bond donors (Lipinski definition) is 2. The minimum Gasteiger partial charge on any atom is -0.247 e. The summed E-state index contributed by atoms with van der Waals surface area (Å²) in [6.45, 7) is 1.00. The first kappa shape index (κ1) is 7.16. The molecule has 0 fully saturated rings. The van der Waals surface area contributed by atoms with Gasteiger partial charge in [-0.2, -0.15) is 4.83 Å². The highest BCUT2D eigenvalue weighted by Gasteiger charge is 2.04. The molecule has 2 nitrogen and oxygen atoms in total. The van der Waals surface area contributed by atoms with Gasteiger partial charge in [-0.15, -0.1) is 0 Å². The lowest BCUT2D eigenvalue weighted by Crippen LogP contribution is -2.25. The minimum atomic E-state index is 1.00. The molecular formula is C8H10N2S. The Kier molecular flexibility index (Phi) is 2.12. The number of benzene rings is 1. The largest absolute Gasteiger partial charge is 0.247 e. The second kappa shape index (κ2) is 3.26. The Morgan fingerprint density at radius 2 is 2.18 bits per heavy atom. The van der Waals surface area contributed by atoms with Crippen molar-refractivity contribution in [3.05, 3.63) is 29.8 Å². The summed E-state index contributed by atoms with van der Waals surface area (Å²) in [5, 5.41) is 0. The molecule has 0 radical (unpaired) electrons. The molecule has 0 atom stereocenters. The molecule has 0 saturated heterocycles. The molecule has 1 aliphatic heterocycles. The quantitative estimate of drug-likeness (QED) is 0.569. The average Bonchev–Trinajstić information content (AvgIpc) is 2.28. The minimum absolute atomic E-state index is 1.00. The van der Waals surface area contributed by atoms with Gasteiger partial charge in [0.15, 0.2) is 0 Å². The fourth-order valence-electron chi connectivity index (χ4n) is 1.15. The van der Waals surface area contributed by atoms with E-state index in [0.717, 1.165) is 13.0 Å². The van der Waals surface area contributed by atoms with Crippen molar-refractivity contribution in [2.75, 3.05) is 6.54 Å². The van der Waals surface area contributed by atoms with Crippen LogP contribution in [0.2, 0.25) is 0 Å². The fourth-order valence-corrected chi connectivity index (χ4v) is 1.88. The summed E-state index contributed by atoms with van der Waals surface area (Å²) in [6.07, 6.45) is 1.11. The van der Waals surface area contributed by atoms with Crippen LogP contribution in [-0.2, 0) is 6.42 Å². The third kappa shape index (κ3) is 1.56. The average molecular weight is 166 g/mol. The number of hydrazine groups is 1. The summed E-state index contributed by atoms with van der Waals surface area (Å²) in [7, 11) is 0. The van der Waals surface area contributed by atoms with Gasteiger partial charge in [-0.25, -0.2) is 5.43 Å². The molecule has 1 aromatic carbocycles. The second-order valence-electron chi connectivity index (χ2n) is 2.49. The molecule has 1 aromatic rings. The van der Waals surface area contributed by atoms with Crippen LogP contribution in [0.25, 0.3) is 0 Å². The van der Waals surface area contributed by atoms with Crippen LogP contribution in [0.15, 0.2) is 29.2 Å². The lowest BCUT2D eigenvalue weighted by molar-refractivity contribution is 0.687.